The van der Waals surface area contributed by atoms with E-state index in [-0.39, 0.29) is 11.5 Å². The third-order valence-electron chi connectivity index (χ3n) is 2.58. The molecule has 0 aliphatic heterocycles. The Bertz CT molecular complexity index is 693. The van der Waals surface area contributed by atoms with Crippen molar-refractivity contribution in [1.82, 2.24) is 4.98 Å². The average molecular weight is 328 g/mol. The highest BCUT2D eigenvalue weighted by molar-refractivity contribution is 7.13. The number of nitrogens with one attached hydrogen (secondary N) is 1. The largest absolute Gasteiger partial charge is 0.573 e. The van der Waals surface area contributed by atoms with Crippen LogP contribution in [0.25, 0.3) is 5.57 Å². The number of benzene rings is 1. The summed E-state index contributed by atoms with van der Waals surface area (Å²) in [5.41, 5.74) is 1.32. The fourth-order valence-electron chi connectivity index (χ4n) is 1.51. The molecule has 0 fully saturated rings. The number of hydrogen-bond acceptors (Lipinski definition) is 5. The van der Waals surface area contributed by atoms with Crippen molar-refractivity contribution in [2.24, 2.45) is 0 Å². The normalized spacial score (nSPS) is 11.1. The summed E-state index contributed by atoms with van der Waals surface area (Å²) in [5, 5.41) is 5.10. The van der Waals surface area contributed by atoms with E-state index in [0.717, 1.165) is 0 Å². The molecule has 1 aromatic heterocycles. The zero-order chi connectivity index (χ0) is 16.3. The lowest BCUT2D eigenvalue weighted by Crippen LogP contribution is -2.16. The van der Waals surface area contributed by atoms with Crippen LogP contribution in [0.5, 0.6) is 5.75 Å². The Morgan fingerprint density at radius 2 is 1.95 bits per heavy atom. The van der Waals surface area contributed by atoms with Crippen LogP contribution in [0.3, 0.4) is 0 Å². The Labute approximate surface area is 128 Å². The Hall–Kier alpha value is -2.35. The van der Waals surface area contributed by atoms with Crippen molar-refractivity contribution >= 4 is 33.5 Å². The van der Waals surface area contributed by atoms with E-state index in [0.29, 0.717) is 22.1 Å². The highest BCUT2D eigenvalue weighted by Gasteiger charge is 2.30. The molecule has 116 valence electrons. The molecule has 0 bridgehead atoms. The van der Waals surface area contributed by atoms with Gasteiger partial charge in [-0.25, -0.2) is 4.98 Å². The maximum atomic E-state index is 12.1. The van der Waals surface area contributed by atoms with Gasteiger partial charge in [0, 0.05) is 16.6 Å². The maximum absolute atomic E-state index is 12.1. The van der Waals surface area contributed by atoms with Crippen LogP contribution in [-0.2, 0) is 4.79 Å². The van der Waals surface area contributed by atoms with Gasteiger partial charge in [0.2, 0.25) is 0 Å². The van der Waals surface area contributed by atoms with E-state index in [4.69, 9.17) is 0 Å². The van der Waals surface area contributed by atoms with Gasteiger partial charge in [0.05, 0.1) is 5.69 Å². The first-order chi connectivity index (χ1) is 10.2. The molecule has 0 amide bonds. The number of nitrogens with zero attached hydrogens (tertiary/aromatic N) is 1. The van der Waals surface area contributed by atoms with Crippen LogP contribution in [0.2, 0.25) is 0 Å². The van der Waals surface area contributed by atoms with Gasteiger partial charge in [-0.15, -0.1) is 24.5 Å². The molecule has 0 radical (unpaired) electrons. The molecular weight excluding hydrogens is 317 g/mol. The second kappa shape index (κ2) is 6.18. The molecule has 8 heteroatoms. The molecule has 22 heavy (non-hydrogen) atoms. The number of aromatic nitrogens is 1. The quantitative estimate of drug-likeness (QED) is 0.827. The number of Topliss-reactive ketones (excluding diaryl/α,β-unsaturated/α-hetero) is 1. The first-order valence-corrected chi connectivity index (χ1v) is 6.91. The van der Waals surface area contributed by atoms with Gasteiger partial charge in [0.1, 0.15) is 5.75 Å². The van der Waals surface area contributed by atoms with Crippen LogP contribution in [0.1, 0.15) is 12.6 Å². The predicted molar refractivity (Wildman–Crippen MR) is 78.2 cm³/mol. The number of alkyl halides is 3. The predicted octanol–water partition coefficient (Wildman–Crippen LogP) is 4.39. The van der Waals surface area contributed by atoms with Gasteiger partial charge in [0.25, 0.3) is 0 Å². The number of carbonyl (C=O) groups is 1. The number of thiazole rings is 1. The topological polar surface area (TPSA) is 51.2 Å². The minimum atomic E-state index is -4.72. The zero-order valence-electron chi connectivity index (χ0n) is 11.4. The molecule has 0 spiro atoms. The fourth-order valence-corrected chi connectivity index (χ4v) is 2.26. The molecule has 1 N–H and O–H groups in total. The fraction of sp³-hybridized carbons (Fsp3) is 0.143. The summed E-state index contributed by atoms with van der Waals surface area (Å²) in [4.78, 5) is 15.4. The first kappa shape index (κ1) is 16.0. The lowest BCUT2D eigenvalue weighted by molar-refractivity contribution is -0.274. The van der Waals surface area contributed by atoms with Crippen LogP contribution in [-0.4, -0.2) is 17.1 Å². The number of halogens is 3. The minimum Gasteiger partial charge on any atom is -0.406 e. The Morgan fingerprint density at radius 1 is 1.32 bits per heavy atom. The van der Waals surface area contributed by atoms with Crippen molar-refractivity contribution < 1.29 is 22.7 Å². The summed E-state index contributed by atoms with van der Waals surface area (Å²) in [7, 11) is 0. The van der Waals surface area contributed by atoms with E-state index in [2.05, 4.69) is 21.6 Å². The zero-order valence-corrected chi connectivity index (χ0v) is 12.2. The smallest absolute Gasteiger partial charge is 0.406 e. The van der Waals surface area contributed by atoms with Gasteiger partial charge in [-0.2, -0.15) is 0 Å². The third kappa shape index (κ3) is 4.32. The van der Waals surface area contributed by atoms with E-state index in [9.17, 15) is 18.0 Å². The number of rotatable bonds is 5. The van der Waals surface area contributed by atoms with Gasteiger partial charge >= 0.3 is 6.36 Å². The van der Waals surface area contributed by atoms with E-state index < -0.39 is 6.36 Å². The molecule has 1 aromatic carbocycles. The van der Waals surface area contributed by atoms with Gasteiger partial charge < -0.3 is 10.1 Å². The summed E-state index contributed by atoms with van der Waals surface area (Å²) >= 11 is 1.26. The number of ketones is 1. The maximum Gasteiger partial charge on any atom is 0.573 e. The monoisotopic (exact) mass is 328 g/mol. The van der Waals surface area contributed by atoms with Crippen LogP contribution in [0.4, 0.5) is 24.0 Å². The molecule has 2 aromatic rings. The summed E-state index contributed by atoms with van der Waals surface area (Å²) in [5.74, 6) is -0.478. The molecule has 1 heterocycles. The van der Waals surface area contributed by atoms with Crippen LogP contribution in [0.15, 0.2) is 36.2 Å². The van der Waals surface area contributed by atoms with E-state index >= 15 is 0 Å². The standard InChI is InChI=1S/C14H11F3N2O2S/c1-8(9(2)20)12-7-22-13(19-12)18-10-3-5-11(6-4-10)21-14(15,16)17/h3-7H,1H2,2H3,(H,18,19). The molecule has 0 atom stereocenters. The highest BCUT2D eigenvalue weighted by atomic mass is 32.1. The first-order valence-electron chi connectivity index (χ1n) is 6.03. The van der Waals surface area contributed by atoms with Crippen molar-refractivity contribution in [3.8, 4) is 5.75 Å². The van der Waals surface area contributed by atoms with E-state index in [1.54, 1.807) is 5.38 Å². The molecule has 4 nitrogen and oxygen atoms in total. The van der Waals surface area contributed by atoms with Crippen molar-refractivity contribution in [3.63, 3.8) is 0 Å². The second-order valence-electron chi connectivity index (χ2n) is 4.27. The Kier molecular flexibility index (Phi) is 4.51. The number of anilines is 2. The third-order valence-corrected chi connectivity index (χ3v) is 3.34. The lowest BCUT2D eigenvalue weighted by Gasteiger charge is -2.09. The Balaban J connectivity index is 2.05. The van der Waals surface area contributed by atoms with Crippen molar-refractivity contribution in [2.45, 2.75) is 13.3 Å². The van der Waals surface area contributed by atoms with E-state index in [1.165, 1.54) is 42.5 Å². The van der Waals surface area contributed by atoms with Crippen molar-refractivity contribution in [3.05, 3.63) is 41.9 Å². The van der Waals surface area contributed by atoms with Crippen molar-refractivity contribution in [1.29, 1.82) is 0 Å². The van der Waals surface area contributed by atoms with E-state index in [1.807, 2.05) is 0 Å². The van der Waals surface area contributed by atoms with Crippen LogP contribution < -0.4 is 10.1 Å². The van der Waals surface area contributed by atoms with Gasteiger partial charge in [-0.1, -0.05) is 6.58 Å². The molecule has 0 aliphatic rings. The molecular formula is C14H11F3N2O2S. The number of ether oxygens (including phenoxy) is 1. The second-order valence-corrected chi connectivity index (χ2v) is 5.13. The minimum absolute atomic E-state index is 0.175. The lowest BCUT2D eigenvalue weighted by atomic mass is 10.2. The van der Waals surface area contributed by atoms with Gasteiger partial charge in [-0.05, 0) is 31.2 Å². The average Bonchev–Trinajstić information content (AvgIpc) is 2.87. The van der Waals surface area contributed by atoms with Crippen molar-refractivity contribution in [2.75, 3.05) is 5.32 Å². The van der Waals surface area contributed by atoms with Crippen LogP contribution >= 0.6 is 11.3 Å². The summed E-state index contributed by atoms with van der Waals surface area (Å²) in [6.45, 7) is 5.03. The number of allylic oxidation sites excluding steroid dienone is 1. The van der Waals surface area contributed by atoms with Crippen LogP contribution in [0, 0.1) is 0 Å². The van der Waals surface area contributed by atoms with Gasteiger partial charge in [0.15, 0.2) is 10.9 Å². The highest BCUT2D eigenvalue weighted by Crippen LogP contribution is 2.27. The molecule has 2 rings (SSSR count). The summed E-state index contributed by atoms with van der Waals surface area (Å²) in [6.07, 6.45) is -4.72. The van der Waals surface area contributed by atoms with Gasteiger partial charge in [-0.3, -0.25) is 4.79 Å². The summed E-state index contributed by atoms with van der Waals surface area (Å²) in [6, 6.07) is 5.25. The number of carbonyl (C=O) groups excluding carboxylic acids is 1. The Morgan fingerprint density at radius 3 is 2.50 bits per heavy atom. The summed E-state index contributed by atoms with van der Waals surface area (Å²) < 4.78 is 39.9. The number of hydrogen-bond donors (Lipinski definition) is 1. The SMILES string of the molecule is C=C(C(C)=O)c1csc(Nc2ccc(OC(F)(F)F)cc2)n1. The molecule has 0 unspecified atom stereocenters. The molecule has 0 aliphatic carbocycles. The molecule has 0 saturated heterocycles. The molecule has 0 saturated carbocycles.